The average molecular weight is 240 g/mol. The average Bonchev–Trinajstić information content (AvgIpc) is 2.39. The van der Waals surface area contributed by atoms with Gasteiger partial charge in [0.05, 0.1) is 0 Å². The van der Waals surface area contributed by atoms with Gasteiger partial charge < -0.3 is 10.2 Å². The molecule has 0 saturated heterocycles. The molecule has 0 aliphatic rings. The second kappa shape index (κ2) is 7.11. The quantitative estimate of drug-likeness (QED) is 0.801. The predicted molar refractivity (Wildman–Crippen MR) is 71.6 cm³/mol. The van der Waals surface area contributed by atoms with Crippen molar-refractivity contribution >= 4 is 5.69 Å². The Morgan fingerprint density at radius 1 is 1.22 bits per heavy atom. The monoisotopic (exact) mass is 240 g/mol. The summed E-state index contributed by atoms with van der Waals surface area (Å²) in [6.07, 6.45) is 2.42. The third kappa shape index (κ3) is 4.69. The van der Waals surface area contributed by atoms with E-state index in [1.165, 1.54) is 11.8 Å². The van der Waals surface area contributed by atoms with Crippen LogP contribution in [-0.4, -0.2) is 25.5 Å². The first-order chi connectivity index (χ1) is 8.65. The molecule has 0 bridgehead atoms. The van der Waals surface area contributed by atoms with Gasteiger partial charge in [-0.1, -0.05) is 12.1 Å². The van der Waals surface area contributed by atoms with Crippen molar-refractivity contribution in [3.05, 3.63) is 41.6 Å². The highest BCUT2D eigenvalue weighted by Gasteiger charge is 1.96. The maximum Gasteiger partial charge on any atom is 0.145 e. The molecule has 0 aliphatic carbocycles. The van der Waals surface area contributed by atoms with Gasteiger partial charge in [0.2, 0.25) is 0 Å². The molecule has 92 valence electrons. The Bertz CT molecular complexity index is 470. The Kier molecular flexibility index (Phi) is 5.44. The first-order valence-corrected chi connectivity index (χ1v) is 5.66. The van der Waals surface area contributed by atoms with E-state index in [4.69, 9.17) is 10.5 Å². The molecule has 1 aromatic carbocycles. The lowest BCUT2D eigenvalue weighted by Gasteiger charge is -2.09. The van der Waals surface area contributed by atoms with Crippen molar-refractivity contribution in [3.63, 3.8) is 0 Å². The van der Waals surface area contributed by atoms with Crippen molar-refractivity contribution in [2.75, 3.05) is 26.0 Å². The molecule has 0 aromatic heterocycles. The van der Waals surface area contributed by atoms with Crippen molar-refractivity contribution in [1.82, 2.24) is 4.90 Å². The molecular weight excluding hydrogens is 224 g/mol. The van der Waals surface area contributed by atoms with Crippen LogP contribution < -0.4 is 5.32 Å². The molecule has 0 heterocycles. The Morgan fingerprint density at radius 2 is 1.83 bits per heavy atom. The summed E-state index contributed by atoms with van der Waals surface area (Å²) in [6.45, 7) is 1.01. The van der Waals surface area contributed by atoms with Crippen LogP contribution in [0.5, 0.6) is 0 Å². The second-order valence-electron chi connectivity index (χ2n) is 4.18. The van der Waals surface area contributed by atoms with Crippen LogP contribution in [-0.2, 0) is 6.42 Å². The van der Waals surface area contributed by atoms with E-state index in [1.807, 2.05) is 38.4 Å². The number of hydrogen-bond acceptors (Lipinski definition) is 4. The first-order valence-electron chi connectivity index (χ1n) is 5.66. The van der Waals surface area contributed by atoms with E-state index in [0.717, 1.165) is 18.7 Å². The summed E-state index contributed by atoms with van der Waals surface area (Å²) >= 11 is 0. The van der Waals surface area contributed by atoms with Crippen LogP contribution >= 0.6 is 0 Å². The van der Waals surface area contributed by atoms with Crippen molar-refractivity contribution in [3.8, 4) is 12.1 Å². The number of nitrogens with one attached hydrogen (secondary N) is 1. The highest BCUT2D eigenvalue weighted by atomic mass is 15.0. The van der Waals surface area contributed by atoms with E-state index in [9.17, 15) is 0 Å². The molecule has 0 fully saturated rings. The van der Waals surface area contributed by atoms with Crippen LogP contribution in [0.1, 0.15) is 5.56 Å². The van der Waals surface area contributed by atoms with Crippen LogP contribution in [0.2, 0.25) is 0 Å². The Balaban J connectivity index is 2.59. The molecule has 0 radical (unpaired) electrons. The minimum absolute atomic E-state index is 0.0617. The predicted octanol–water partition coefficient (Wildman–Crippen LogP) is 2.13. The number of benzene rings is 1. The molecule has 0 spiro atoms. The summed E-state index contributed by atoms with van der Waals surface area (Å²) in [7, 11) is 4.10. The molecule has 4 heteroatoms. The standard InChI is InChI=1S/C14H16N4/c1-18(2)8-7-12-3-5-14(6-4-12)17-11-13(9-15)10-16/h3-6,11,17H,7-8H2,1-2H3. The van der Waals surface area contributed by atoms with Gasteiger partial charge in [0.15, 0.2) is 0 Å². The van der Waals surface area contributed by atoms with Gasteiger partial charge in [-0.25, -0.2) is 0 Å². The number of allylic oxidation sites excluding steroid dienone is 1. The highest BCUT2D eigenvalue weighted by molar-refractivity contribution is 5.50. The van der Waals surface area contributed by atoms with Crippen molar-refractivity contribution in [2.24, 2.45) is 0 Å². The van der Waals surface area contributed by atoms with Gasteiger partial charge in [0, 0.05) is 18.4 Å². The fourth-order valence-corrected chi connectivity index (χ4v) is 1.37. The lowest BCUT2D eigenvalue weighted by molar-refractivity contribution is 0.413. The highest BCUT2D eigenvalue weighted by Crippen LogP contribution is 2.10. The maximum absolute atomic E-state index is 8.58. The Labute approximate surface area is 108 Å². The third-order valence-electron chi connectivity index (χ3n) is 2.43. The van der Waals surface area contributed by atoms with Gasteiger partial charge in [-0.15, -0.1) is 0 Å². The molecule has 1 rings (SSSR count). The summed E-state index contributed by atoms with van der Waals surface area (Å²) < 4.78 is 0. The Morgan fingerprint density at radius 3 is 2.33 bits per heavy atom. The second-order valence-corrected chi connectivity index (χ2v) is 4.18. The molecular formula is C14H16N4. The molecule has 0 atom stereocenters. The lowest BCUT2D eigenvalue weighted by Crippen LogP contribution is -2.14. The lowest BCUT2D eigenvalue weighted by atomic mass is 10.1. The molecule has 1 N–H and O–H groups in total. The largest absolute Gasteiger partial charge is 0.360 e. The van der Waals surface area contributed by atoms with E-state index >= 15 is 0 Å². The number of nitrogens with zero attached hydrogens (tertiary/aromatic N) is 3. The number of rotatable bonds is 5. The van der Waals surface area contributed by atoms with Gasteiger partial charge in [-0.3, -0.25) is 0 Å². The van der Waals surface area contributed by atoms with Crippen LogP contribution in [0.3, 0.4) is 0 Å². The molecule has 4 nitrogen and oxygen atoms in total. The minimum Gasteiger partial charge on any atom is -0.360 e. The number of hydrogen-bond donors (Lipinski definition) is 1. The van der Waals surface area contributed by atoms with Crippen LogP contribution in [0.15, 0.2) is 36.0 Å². The van der Waals surface area contributed by atoms with E-state index in [2.05, 4.69) is 10.2 Å². The van der Waals surface area contributed by atoms with E-state index in [0.29, 0.717) is 0 Å². The van der Waals surface area contributed by atoms with Crippen LogP contribution in [0.25, 0.3) is 0 Å². The maximum atomic E-state index is 8.58. The van der Waals surface area contributed by atoms with E-state index in [1.54, 1.807) is 12.1 Å². The van der Waals surface area contributed by atoms with Gasteiger partial charge in [-0.05, 0) is 38.2 Å². The van der Waals surface area contributed by atoms with Gasteiger partial charge in [0.25, 0.3) is 0 Å². The smallest absolute Gasteiger partial charge is 0.145 e. The molecule has 1 aromatic rings. The van der Waals surface area contributed by atoms with Gasteiger partial charge in [0.1, 0.15) is 17.7 Å². The minimum atomic E-state index is 0.0617. The Hall–Kier alpha value is -2.30. The van der Waals surface area contributed by atoms with Gasteiger partial charge >= 0.3 is 0 Å². The van der Waals surface area contributed by atoms with Crippen molar-refractivity contribution in [2.45, 2.75) is 6.42 Å². The summed E-state index contributed by atoms with van der Waals surface area (Å²) in [5, 5.41) is 20.1. The number of anilines is 1. The van der Waals surface area contributed by atoms with Crippen LogP contribution in [0, 0.1) is 22.7 Å². The zero-order valence-electron chi connectivity index (χ0n) is 10.6. The first kappa shape index (κ1) is 13.8. The van der Waals surface area contributed by atoms with Gasteiger partial charge in [-0.2, -0.15) is 10.5 Å². The summed E-state index contributed by atoms with van der Waals surface area (Å²) in [5.74, 6) is 0. The van der Waals surface area contributed by atoms with Crippen molar-refractivity contribution < 1.29 is 0 Å². The van der Waals surface area contributed by atoms with E-state index < -0.39 is 0 Å². The zero-order chi connectivity index (χ0) is 13.4. The fourth-order valence-electron chi connectivity index (χ4n) is 1.37. The molecule has 0 unspecified atom stereocenters. The normalized spacial score (nSPS) is 9.39. The topological polar surface area (TPSA) is 62.9 Å². The third-order valence-corrected chi connectivity index (χ3v) is 2.43. The fraction of sp³-hybridized carbons (Fsp3) is 0.286. The molecule has 0 saturated carbocycles. The van der Waals surface area contributed by atoms with E-state index in [-0.39, 0.29) is 5.57 Å². The summed E-state index contributed by atoms with van der Waals surface area (Å²) in [5.41, 5.74) is 2.19. The summed E-state index contributed by atoms with van der Waals surface area (Å²) in [6, 6.07) is 11.6. The number of nitriles is 2. The van der Waals surface area contributed by atoms with Crippen LogP contribution in [0.4, 0.5) is 5.69 Å². The van der Waals surface area contributed by atoms with Crippen molar-refractivity contribution in [1.29, 1.82) is 10.5 Å². The molecule has 0 aliphatic heterocycles. The summed E-state index contributed by atoms with van der Waals surface area (Å²) in [4.78, 5) is 2.14. The number of likely N-dealkylation sites (N-methyl/N-ethyl adjacent to an activating group) is 1. The molecule has 18 heavy (non-hydrogen) atoms. The zero-order valence-corrected chi connectivity index (χ0v) is 10.6. The SMILES string of the molecule is CN(C)CCc1ccc(NC=C(C#N)C#N)cc1. The molecule has 0 amide bonds.